The highest BCUT2D eigenvalue weighted by molar-refractivity contribution is 5.92. The molecule has 1 aliphatic heterocycles. The van der Waals surface area contributed by atoms with Crippen molar-refractivity contribution >= 4 is 17.5 Å². The van der Waals surface area contributed by atoms with Gasteiger partial charge >= 0.3 is 0 Å². The summed E-state index contributed by atoms with van der Waals surface area (Å²) < 4.78 is 5.12. The molecule has 1 saturated heterocycles. The van der Waals surface area contributed by atoms with E-state index in [1.165, 1.54) is 0 Å². The zero-order chi connectivity index (χ0) is 19.2. The summed E-state index contributed by atoms with van der Waals surface area (Å²) in [7, 11) is 1.62. The van der Waals surface area contributed by atoms with Crippen LogP contribution in [0.25, 0.3) is 0 Å². The molecule has 2 aromatic rings. The van der Waals surface area contributed by atoms with Gasteiger partial charge in [0.2, 0.25) is 5.91 Å². The third-order valence-electron chi connectivity index (χ3n) is 4.68. The van der Waals surface area contributed by atoms with E-state index < -0.39 is 0 Å². The Balaban J connectivity index is 1.53. The number of methoxy groups -OCH3 is 1. The minimum atomic E-state index is -0.209. The van der Waals surface area contributed by atoms with E-state index in [1.54, 1.807) is 26.3 Å². The fourth-order valence-corrected chi connectivity index (χ4v) is 3.00. The van der Waals surface area contributed by atoms with Gasteiger partial charge in [-0.3, -0.25) is 9.59 Å². The van der Waals surface area contributed by atoms with Gasteiger partial charge in [-0.05, 0) is 29.8 Å². The number of piperazine rings is 1. The van der Waals surface area contributed by atoms with Crippen molar-refractivity contribution in [2.24, 2.45) is 0 Å². The number of hydrogen-bond donors (Lipinski definition) is 1. The average molecular weight is 368 g/mol. The van der Waals surface area contributed by atoms with Gasteiger partial charge in [0, 0.05) is 39.6 Å². The van der Waals surface area contributed by atoms with E-state index in [9.17, 15) is 9.59 Å². The SMILES string of the molecule is COc1ccc(CNC(=O)c2ccc(N3CCN(C(C)=O)CC3)cn2)cc1. The quantitative estimate of drug-likeness (QED) is 0.869. The topological polar surface area (TPSA) is 74.8 Å². The number of hydrogen-bond acceptors (Lipinski definition) is 5. The van der Waals surface area contributed by atoms with Crippen LogP contribution in [-0.4, -0.2) is 55.0 Å². The summed E-state index contributed by atoms with van der Waals surface area (Å²) in [5, 5.41) is 2.87. The van der Waals surface area contributed by atoms with Gasteiger partial charge in [0.25, 0.3) is 5.91 Å². The lowest BCUT2D eigenvalue weighted by molar-refractivity contribution is -0.129. The van der Waals surface area contributed by atoms with Crippen molar-refractivity contribution < 1.29 is 14.3 Å². The highest BCUT2D eigenvalue weighted by atomic mass is 16.5. The van der Waals surface area contributed by atoms with Crippen LogP contribution in [0.2, 0.25) is 0 Å². The van der Waals surface area contributed by atoms with Crippen molar-refractivity contribution in [1.29, 1.82) is 0 Å². The molecule has 1 N–H and O–H groups in total. The Kier molecular flexibility index (Phi) is 5.90. The number of nitrogens with zero attached hydrogens (tertiary/aromatic N) is 3. The summed E-state index contributed by atoms with van der Waals surface area (Å²) in [6, 6.07) is 11.2. The first kappa shape index (κ1) is 18.7. The summed E-state index contributed by atoms with van der Waals surface area (Å²) in [6.07, 6.45) is 1.71. The minimum Gasteiger partial charge on any atom is -0.497 e. The number of nitrogens with one attached hydrogen (secondary N) is 1. The van der Waals surface area contributed by atoms with Gasteiger partial charge < -0.3 is 19.9 Å². The number of anilines is 1. The Hall–Kier alpha value is -3.09. The number of rotatable bonds is 5. The van der Waals surface area contributed by atoms with E-state index in [-0.39, 0.29) is 11.8 Å². The Labute approximate surface area is 158 Å². The van der Waals surface area contributed by atoms with Crippen molar-refractivity contribution in [3.63, 3.8) is 0 Å². The lowest BCUT2D eigenvalue weighted by Crippen LogP contribution is -2.48. The van der Waals surface area contributed by atoms with Crippen LogP contribution in [0.3, 0.4) is 0 Å². The number of carbonyl (C=O) groups excluding carboxylic acids is 2. The van der Waals surface area contributed by atoms with Gasteiger partial charge in [0.1, 0.15) is 11.4 Å². The van der Waals surface area contributed by atoms with Crippen molar-refractivity contribution in [3.05, 3.63) is 53.9 Å². The second kappa shape index (κ2) is 8.53. The first-order valence-electron chi connectivity index (χ1n) is 8.94. The van der Waals surface area contributed by atoms with Gasteiger partial charge in [-0.1, -0.05) is 12.1 Å². The second-order valence-electron chi connectivity index (χ2n) is 6.43. The molecular formula is C20H24N4O3. The second-order valence-corrected chi connectivity index (χ2v) is 6.43. The van der Waals surface area contributed by atoms with E-state index in [0.29, 0.717) is 25.3 Å². The number of aromatic nitrogens is 1. The molecule has 7 heteroatoms. The summed E-state index contributed by atoms with van der Waals surface area (Å²) in [5.41, 5.74) is 2.34. The summed E-state index contributed by atoms with van der Waals surface area (Å²) in [5.74, 6) is 0.682. The zero-order valence-electron chi connectivity index (χ0n) is 15.6. The third kappa shape index (κ3) is 4.75. The molecule has 0 spiro atoms. The van der Waals surface area contributed by atoms with Crippen molar-refractivity contribution in [2.75, 3.05) is 38.2 Å². The van der Waals surface area contributed by atoms with Gasteiger partial charge in [-0.2, -0.15) is 0 Å². The Morgan fingerprint density at radius 2 is 1.78 bits per heavy atom. The Morgan fingerprint density at radius 3 is 2.33 bits per heavy atom. The molecule has 1 aliphatic rings. The maximum atomic E-state index is 12.3. The first-order chi connectivity index (χ1) is 13.1. The van der Waals surface area contributed by atoms with Gasteiger partial charge in [0.05, 0.1) is 19.0 Å². The first-order valence-corrected chi connectivity index (χ1v) is 8.94. The largest absolute Gasteiger partial charge is 0.497 e. The molecule has 1 aromatic heterocycles. The maximum absolute atomic E-state index is 12.3. The molecule has 0 saturated carbocycles. The molecular weight excluding hydrogens is 344 g/mol. The number of carbonyl (C=O) groups is 2. The molecule has 1 aromatic carbocycles. The fraction of sp³-hybridized carbons (Fsp3) is 0.350. The van der Waals surface area contributed by atoms with Crippen LogP contribution >= 0.6 is 0 Å². The van der Waals surface area contributed by atoms with Crippen LogP contribution in [0.5, 0.6) is 5.75 Å². The Bertz CT molecular complexity index is 782. The van der Waals surface area contributed by atoms with Crippen molar-refractivity contribution in [1.82, 2.24) is 15.2 Å². The van der Waals surface area contributed by atoms with Crippen LogP contribution in [-0.2, 0) is 11.3 Å². The predicted molar refractivity (Wildman–Crippen MR) is 103 cm³/mol. The number of ether oxygens (including phenoxy) is 1. The summed E-state index contributed by atoms with van der Waals surface area (Å²) in [6.45, 7) is 4.98. The summed E-state index contributed by atoms with van der Waals surface area (Å²) >= 11 is 0. The smallest absolute Gasteiger partial charge is 0.270 e. The van der Waals surface area contributed by atoms with Crippen LogP contribution < -0.4 is 15.0 Å². The third-order valence-corrected chi connectivity index (χ3v) is 4.68. The maximum Gasteiger partial charge on any atom is 0.270 e. The van der Waals surface area contributed by atoms with Gasteiger partial charge in [0.15, 0.2) is 0 Å². The molecule has 142 valence electrons. The van der Waals surface area contributed by atoms with E-state index >= 15 is 0 Å². The van der Waals surface area contributed by atoms with Gasteiger partial charge in [-0.25, -0.2) is 4.98 Å². The van der Waals surface area contributed by atoms with Crippen molar-refractivity contribution in [3.8, 4) is 5.75 Å². The monoisotopic (exact) mass is 368 g/mol. The molecule has 0 aliphatic carbocycles. The van der Waals surface area contributed by atoms with E-state index in [0.717, 1.165) is 30.1 Å². The molecule has 1 fully saturated rings. The van der Waals surface area contributed by atoms with Gasteiger partial charge in [-0.15, -0.1) is 0 Å². The average Bonchev–Trinajstić information content (AvgIpc) is 2.72. The van der Waals surface area contributed by atoms with E-state index in [1.807, 2.05) is 35.2 Å². The van der Waals surface area contributed by atoms with Crippen LogP contribution in [0.4, 0.5) is 5.69 Å². The molecule has 0 atom stereocenters. The Morgan fingerprint density at radius 1 is 1.07 bits per heavy atom. The van der Waals surface area contributed by atoms with Crippen molar-refractivity contribution in [2.45, 2.75) is 13.5 Å². The molecule has 7 nitrogen and oxygen atoms in total. The fourth-order valence-electron chi connectivity index (χ4n) is 3.00. The molecule has 2 heterocycles. The minimum absolute atomic E-state index is 0.108. The highest BCUT2D eigenvalue weighted by Crippen LogP contribution is 2.16. The number of amides is 2. The van der Waals surface area contributed by atoms with Crippen LogP contribution in [0.1, 0.15) is 23.0 Å². The lowest BCUT2D eigenvalue weighted by atomic mass is 10.2. The van der Waals surface area contributed by atoms with Crippen LogP contribution in [0.15, 0.2) is 42.6 Å². The molecule has 0 bridgehead atoms. The molecule has 0 radical (unpaired) electrons. The molecule has 3 rings (SSSR count). The van der Waals surface area contributed by atoms with E-state index in [2.05, 4.69) is 15.2 Å². The standard InChI is InChI=1S/C20H24N4O3/c1-15(25)23-9-11-24(12-10-23)17-5-8-19(21-14-17)20(26)22-13-16-3-6-18(27-2)7-4-16/h3-8,14H,9-13H2,1-2H3,(H,22,26). The normalized spacial score (nSPS) is 14.0. The predicted octanol–water partition coefficient (Wildman–Crippen LogP) is 1.69. The highest BCUT2D eigenvalue weighted by Gasteiger charge is 2.19. The van der Waals surface area contributed by atoms with E-state index in [4.69, 9.17) is 4.74 Å². The zero-order valence-corrected chi connectivity index (χ0v) is 15.6. The van der Waals surface area contributed by atoms with Crippen LogP contribution in [0, 0.1) is 0 Å². The lowest BCUT2D eigenvalue weighted by Gasteiger charge is -2.35. The number of benzene rings is 1. The number of pyridine rings is 1. The summed E-state index contributed by atoms with van der Waals surface area (Å²) in [4.78, 5) is 32.0. The molecule has 2 amide bonds. The molecule has 27 heavy (non-hydrogen) atoms. The molecule has 0 unspecified atom stereocenters.